The summed E-state index contributed by atoms with van der Waals surface area (Å²) in [4.78, 5) is 0. The summed E-state index contributed by atoms with van der Waals surface area (Å²) < 4.78 is 0. The van der Waals surface area contributed by atoms with Crippen LogP contribution in [0.1, 0.15) is 45.4 Å². The molecule has 0 nitrogen and oxygen atoms in total. The minimum atomic E-state index is 0.950. The highest BCUT2D eigenvalue weighted by molar-refractivity contribution is 5.30. The summed E-state index contributed by atoms with van der Waals surface area (Å²) in [6.45, 7) is 2.60. The molecule has 0 aromatic carbocycles. The van der Waals surface area contributed by atoms with E-state index < -0.39 is 0 Å². The van der Waals surface area contributed by atoms with Crippen LogP contribution >= 0.6 is 0 Å². The lowest BCUT2D eigenvalue weighted by Gasteiger charge is -2.53. The van der Waals surface area contributed by atoms with Gasteiger partial charge in [0.2, 0.25) is 0 Å². The van der Waals surface area contributed by atoms with Crippen LogP contribution in [-0.4, -0.2) is 0 Å². The molecule has 15 heavy (non-hydrogen) atoms. The fraction of sp³-hybridized carbons (Fsp3) is 1.00. The van der Waals surface area contributed by atoms with Gasteiger partial charge in [0.1, 0.15) is 0 Å². The normalized spacial score (nSPS) is 73.0. The molecule has 0 amide bonds. The van der Waals surface area contributed by atoms with Crippen LogP contribution < -0.4 is 0 Å². The Labute approximate surface area is 92.8 Å². The smallest absolute Gasteiger partial charge is 0.0170 e. The van der Waals surface area contributed by atoms with E-state index in [4.69, 9.17) is 0 Å². The van der Waals surface area contributed by atoms with Crippen LogP contribution in [0.2, 0.25) is 0 Å². The molecule has 0 N–H and O–H groups in total. The molecule has 0 aromatic heterocycles. The Kier molecular flexibility index (Phi) is 1.18. The first-order valence-electron chi connectivity index (χ1n) is 7.35. The Hall–Kier alpha value is 0. The van der Waals surface area contributed by atoms with Gasteiger partial charge in [0.05, 0.1) is 0 Å². The number of rotatable bonds is 1. The first kappa shape index (κ1) is 8.14. The molecule has 0 aromatic rings. The molecule has 6 aliphatic carbocycles. The minimum absolute atomic E-state index is 0.950. The van der Waals surface area contributed by atoms with Crippen molar-refractivity contribution < 1.29 is 0 Å². The Morgan fingerprint density at radius 1 is 0.933 bits per heavy atom. The van der Waals surface area contributed by atoms with Crippen molar-refractivity contribution in [2.24, 2.45) is 46.8 Å². The second kappa shape index (κ2) is 2.17. The van der Waals surface area contributed by atoms with Gasteiger partial charge >= 0.3 is 0 Å². The zero-order chi connectivity index (χ0) is 9.78. The predicted molar refractivity (Wildman–Crippen MR) is 60.2 cm³/mol. The van der Waals surface area contributed by atoms with Crippen LogP contribution in [0.5, 0.6) is 0 Å². The molecule has 0 aliphatic heterocycles. The molecule has 82 valence electrons. The van der Waals surface area contributed by atoms with E-state index in [2.05, 4.69) is 6.92 Å². The fourth-order valence-corrected chi connectivity index (χ4v) is 7.38. The molecule has 0 radical (unpaired) electrons. The molecular weight excluding hydrogens is 180 g/mol. The Balaban J connectivity index is 1.54. The van der Waals surface area contributed by atoms with E-state index in [1.165, 1.54) is 35.5 Å². The molecule has 6 fully saturated rings. The largest absolute Gasteiger partial charge is 0.0616 e. The van der Waals surface area contributed by atoms with Crippen molar-refractivity contribution in [3.05, 3.63) is 0 Å². The summed E-state index contributed by atoms with van der Waals surface area (Å²) in [6, 6.07) is 0. The molecule has 0 saturated heterocycles. The molecule has 0 heteroatoms. The standard InChI is InChI=1S/C15H22/c1-8-13-11-3-2-4-12(11)15(8,13)14-9-5-6-10(14)7-9/h8-14H,2-7H2,1H3. The summed E-state index contributed by atoms with van der Waals surface area (Å²) in [5.41, 5.74) is 0.950. The zero-order valence-electron chi connectivity index (χ0n) is 9.78. The summed E-state index contributed by atoms with van der Waals surface area (Å²) in [5, 5.41) is 0. The third-order valence-corrected chi connectivity index (χ3v) is 7.58. The van der Waals surface area contributed by atoms with Crippen LogP contribution in [0.15, 0.2) is 0 Å². The first-order valence-corrected chi connectivity index (χ1v) is 7.35. The second-order valence-electron chi connectivity index (χ2n) is 7.37. The predicted octanol–water partition coefficient (Wildman–Crippen LogP) is 3.71. The lowest BCUT2D eigenvalue weighted by atomic mass is 9.51. The van der Waals surface area contributed by atoms with Gasteiger partial charge < -0.3 is 0 Å². The SMILES string of the molecule is CC1C2C3CCCC3C12C1C2CCC1C2. The van der Waals surface area contributed by atoms with Crippen molar-refractivity contribution in [3.8, 4) is 0 Å². The van der Waals surface area contributed by atoms with E-state index in [1.54, 1.807) is 38.5 Å². The highest BCUT2D eigenvalue weighted by Crippen LogP contribution is 2.88. The average molecular weight is 202 g/mol. The van der Waals surface area contributed by atoms with Crippen molar-refractivity contribution >= 4 is 0 Å². The van der Waals surface area contributed by atoms with Crippen LogP contribution in [0.4, 0.5) is 0 Å². The maximum Gasteiger partial charge on any atom is -0.0170 e. The summed E-state index contributed by atoms with van der Waals surface area (Å²) >= 11 is 0. The van der Waals surface area contributed by atoms with E-state index in [9.17, 15) is 0 Å². The number of hydrogen-bond donors (Lipinski definition) is 0. The lowest BCUT2D eigenvalue weighted by molar-refractivity contribution is -0.0555. The summed E-state index contributed by atoms with van der Waals surface area (Å²) in [5.74, 6) is 8.41. The molecule has 6 saturated carbocycles. The average Bonchev–Trinajstić information content (AvgIpc) is 2.76. The van der Waals surface area contributed by atoms with Gasteiger partial charge in [0.15, 0.2) is 0 Å². The zero-order valence-corrected chi connectivity index (χ0v) is 9.78. The number of fused-ring (bicyclic) bond motifs is 6. The monoisotopic (exact) mass is 202 g/mol. The molecule has 0 heterocycles. The van der Waals surface area contributed by atoms with Crippen molar-refractivity contribution in [3.63, 3.8) is 0 Å². The Morgan fingerprint density at radius 3 is 2.47 bits per heavy atom. The van der Waals surface area contributed by atoms with Crippen LogP contribution in [0.3, 0.4) is 0 Å². The molecular formula is C15H22. The fourth-order valence-electron chi connectivity index (χ4n) is 7.38. The Morgan fingerprint density at radius 2 is 1.73 bits per heavy atom. The molecule has 6 aliphatic rings. The van der Waals surface area contributed by atoms with E-state index in [0.29, 0.717) is 0 Å². The third kappa shape index (κ3) is 0.620. The topological polar surface area (TPSA) is 0 Å². The van der Waals surface area contributed by atoms with E-state index in [0.717, 1.165) is 11.3 Å². The van der Waals surface area contributed by atoms with Crippen LogP contribution in [0, 0.1) is 46.8 Å². The summed E-state index contributed by atoms with van der Waals surface area (Å²) in [6.07, 6.45) is 9.62. The van der Waals surface area contributed by atoms with Crippen molar-refractivity contribution in [1.82, 2.24) is 0 Å². The molecule has 6 rings (SSSR count). The number of hydrogen-bond acceptors (Lipinski definition) is 0. The first-order chi connectivity index (χ1) is 7.35. The van der Waals surface area contributed by atoms with Crippen LogP contribution in [-0.2, 0) is 0 Å². The van der Waals surface area contributed by atoms with Gasteiger partial charge in [-0.2, -0.15) is 0 Å². The van der Waals surface area contributed by atoms with Crippen LogP contribution in [0.25, 0.3) is 0 Å². The van der Waals surface area contributed by atoms with Crippen molar-refractivity contribution in [2.75, 3.05) is 0 Å². The van der Waals surface area contributed by atoms with Gasteiger partial charge in [-0.1, -0.05) is 13.3 Å². The summed E-state index contributed by atoms with van der Waals surface area (Å²) in [7, 11) is 0. The van der Waals surface area contributed by atoms with Gasteiger partial charge in [-0.25, -0.2) is 0 Å². The van der Waals surface area contributed by atoms with Crippen molar-refractivity contribution in [2.45, 2.75) is 45.4 Å². The molecule has 0 spiro atoms. The van der Waals surface area contributed by atoms with Gasteiger partial charge in [-0.05, 0) is 78.9 Å². The lowest BCUT2D eigenvalue weighted by Crippen LogP contribution is -2.48. The van der Waals surface area contributed by atoms with Gasteiger partial charge in [0.25, 0.3) is 0 Å². The van der Waals surface area contributed by atoms with E-state index >= 15 is 0 Å². The van der Waals surface area contributed by atoms with Gasteiger partial charge in [0, 0.05) is 0 Å². The third-order valence-electron chi connectivity index (χ3n) is 7.58. The minimum Gasteiger partial charge on any atom is -0.0616 e. The second-order valence-corrected chi connectivity index (χ2v) is 7.37. The highest BCUT2D eigenvalue weighted by Gasteiger charge is 2.83. The maximum atomic E-state index is 2.60. The molecule has 2 bridgehead atoms. The quantitative estimate of drug-likeness (QED) is 0.608. The highest BCUT2D eigenvalue weighted by atomic mass is 14.9. The molecule has 7 unspecified atom stereocenters. The maximum absolute atomic E-state index is 2.60. The molecule has 7 atom stereocenters. The Bertz CT molecular complexity index is 319. The van der Waals surface area contributed by atoms with Gasteiger partial charge in [-0.3, -0.25) is 0 Å². The van der Waals surface area contributed by atoms with Crippen molar-refractivity contribution in [1.29, 1.82) is 0 Å². The van der Waals surface area contributed by atoms with E-state index in [-0.39, 0.29) is 0 Å². The van der Waals surface area contributed by atoms with Gasteiger partial charge in [-0.15, -0.1) is 0 Å². The van der Waals surface area contributed by atoms with E-state index in [1.807, 2.05) is 0 Å².